The van der Waals surface area contributed by atoms with E-state index in [1.807, 2.05) is 91.0 Å². The van der Waals surface area contributed by atoms with Crippen molar-refractivity contribution in [3.63, 3.8) is 0 Å². The van der Waals surface area contributed by atoms with Gasteiger partial charge in [0, 0.05) is 69.5 Å². The van der Waals surface area contributed by atoms with Crippen LogP contribution in [-0.4, -0.2) is 29.9 Å². The molecule has 0 aliphatic rings. The number of hydrogen-bond acceptors (Lipinski definition) is 6. The summed E-state index contributed by atoms with van der Waals surface area (Å²) in [5, 5.41) is 8.08. The van der Waals surface area contributed by atoms with Crippen molar-refractivity contribution in [2.75, 3.05) is 0 Å². The molecule has 48 heavy (non-hydrogen) atoms. The molecule has 0 aliphatic heterocycles. The number of aromatic nitrogens is 6. The van der Waals surface area contributed by atoms with E-state index in [0.29, 0.717) is 0 Å². The molecule has 0 N–H and O–H groups in total. The molecule has 12 heteroatoms. The maximum Gasteiger partial charge on any atom is 2.00 e. The first kappa shape index (κ1) is 37.0. The van der Waals surface area contributed by atoms with Crippen LogP contribution in [-0.2, 0) is 19.5 Å². The molecule has 0 bridgehead atoms. The number of fused-ring (bicyclic) bond motifs is 9. The molecule has 0 unspecified atom stereocenters. The molecule has 9 aromatic rings. The molecule has 0 saturated heterocycles. The number of benzene rings is 3. The minimum atomic E-state index is 0. The molecule has 0 amide bonds. The van der Waals surface area contributed by atoms with Crippen LogP contribution in [0.25, 0.3) is 65.4 Å². The van der Waals surface area contributed by atoms with Gasteiger partial charge >= 0.3 is 19.5 Å². The van der Waals surface area contributed by atoms with Gasteiger partial charge in [0.2, 0.25) is 0 Å². The summed E-state index contributed by atoms with van der Waals surface area (Å²) in [5.74, 6) is 0. The maximum absolute atomic E-state index is 6.17. The Morgan fingerprint density at radius 3 is 0.833 bits per heavy atom. The first-order valence-corrected chi connectivity index (χ1v) is 15.1. The molecular formula is C36H21Cl5N6Ru. The van der Waals surface area contributed by atoms with Crippen LogP contribution in [0.4, 0.5) is 0 Å². The normalized spacial score (nSPS) is 10.3. The van der Waals surface area contributed by atoms with Gasteiger partial charge in [-0.2, -0.15) is 0 Å². The number of hydrogen-bond donors (Lipinski definition) is 0. The smallest absolute Gasteiger partial charge is 1.00 e. The van der Waals surface area contributed by atoms with Crippen LogP contribution < -0.4 is 24.8 Å². The number of halogens is 5. The largest absolute Gasteiger partial charge is 2.00 e. The van der Waals surface area contributed by atoms with Crippen molar-refractivity contribution < 1.29 is 44.3 Å². The quantitative estimate of drug-likeness (QED) is 0.168. The van der Waals surface area contributed by atoms with E-state index in [-0.39, 0.29) is 44.3 Å². The SMILES string of the molecule is Clc1cc2cccnc2c2ncccc12.Clc1cc2cccnc2c2ncccc12.Clc1cc2cccnc2c2ncccc12.[Cl-].[Cl-].[Ru+2]. The monoisotopic (exact) mass is 814 g/mol. The summed E-state index contributed by atoms with van der Waals surface area (Å²) in [6.07, 6.45) is 10.6. The van der Waals surface area contributed by atoms with Gasteiger partial charge in [-0.25, -0.2) is 0 Å². The standard InChI is InChI=1S/3C12H7ClN2.2ClH.Ru/c3*13-10-7-8-3-1-5-14-11(8)12-9(10)4-2-6-15-12;;;/h3*1-7H;2*1H;/q;;;;;+2/p-2. The Balaban J connectivity index is 0.000000158. The van der Waals surface area contributed by atoms with E-state index in [2.05, 4.69) is 29.9 Å². The minimum absolute atomic E-state index is 0. The van der Waals surface area contributed by atoms with E-state index in [1.54, 1.807) is 37.2 Å². The first-order valence-electron chi connectivity index (χ1n) is 13.9. The van der Waals surface area contributed by atoms with Gasteiger partial charge in [0.25, 0.3) is 0 Å². The van der Waals surface area contributed by atoms with Crippen LogP contribution in [0.1, 0.15) is 0 Å². The Labute approximate surface area is 315 Å². The van der Waals surface area contributed by atoms with E-state index in [9.17, 15) is 0 Å². The van der Waals surface area contributed by atoms with E-state index >= 15 is 0 Å². The molecule has 0 radical (unpaired) electrons. The fourth-order valence-electron chi connectivity index (χ4n) is 5.20. The third-order valence-electron chi connectivity index (χ3n) is 7.23. The summed E-state index contributed by atoms with van der Waals surface area (Å²) < 4.78 is 0. The predicted octanol–water partition coefficient (Wildman–Crippen LogP) is 4.31. The van der Waals surface area contributed by atoms with Crippen molar-refractivity contribution in [1.82, 2.24) is 29.9 Å². The first-order chi connectivity index (χ1) is 22.1. The number of nitrogens with zero attached hydrogens (tertiary/aromatic N) is 6. The second kappa shape index (κ2) is 16.5. The zero-order valence-corrected chi connectivity index (χ0v) is 30.1. The predicted molar refractivity (Wildman–Crippen MR) is 186 cm³/mol. The Kier molecular flexibility index (Phi) is 12.8. The Hall–Kier alpha value is -3.81. The molecule has 0 spiro atoms. The fourth-order valence-corrected chi connectivity index (χ4v) is 6.01. The molecule has 6 nitrogen and oxygen atoms in total. The zero-order chi connectivity index (χ0) is 30.8. The van der Waals surface area contributed by atoms with Gasteiger partial charge in [-0.3, -0.25) is 29.9 Å². The second-order valence-corrected chi connectivity index (χ2v) is 11.2. The average molecular weight is 816 g/mol. The molecule has 3 aromatic carbocycles. The van der Waals surface area contributed by atoms with Crippen LogP contribution in [0, 0.1) is 0 Å². The van der Waals surface area contributed by atoms with Crippen LogP contribution in [0.3, 0.4) is 0 Å². The van der Waals surface area contributed by atoms with Crippen molar-refractivity contribution in [2.45, 2.75) is 0 Å². The Morgan fingerprint density at radius 2 is 0.562 bits per heavy atom. The van der Waals surface area contributed by atoms with Gasteiger partial charge in [-0.1, -0.05) is 53.0 Å². The summed E-state index contributed by atoms with van der Waals surface area (Å²) in [7, 11) is 0. The van der Waals surface area contributed by atoms with Crippen LogP contribution >= 0.6 is 34.8 Å². The van der Waals surface area contributed by atoms with Gasteiger partial charge in [-0.05, 0) is 72.8 Å². The van der Waals surface area contributed by atoms with Crippen LogP contribution in [0.2, 0.25) is 15.1 Å². The third-order valence-corrected chi connectivity index (χ3v) is 8.17. The molecule has 9 rings (SSSR count). The Bertz CT molecular complexity index is 2240. The molecule has 0 saturated carbocycles. The van der Waals surface area contributed by atoms with Crippen molar-refractivity contribution in [3.8, 4) is 0 Å². The molecule has 0 aliphatic carbocycles. The number of rotatable bonds is 0. The van der Waals surface area contributed by atoms with Gasteiger partial charge in [0.1, 0.15) is 0 Å². The molecule has 6 aromatic heterocycles. The van der Waals surface area contributed by atoms with Gasteiger partial charge in [0.15, 0.2) is 0 Å². The summed E-state index contributed by atoms with van der Waals surface area (Å²) in [6.45, 7) is 0. The maximum atomic E-state index is 6.17. The van der Waals surface area contributed by atoms with Gasteiger partial charge in [-0.15, -0.1) is 0 Å². The van der Waals surface area contributed by atoms with E-state index < -0.39 is 0 Å². The summed E-state index contributed by atoms with van der Waals surface area (Å²) in [6, 6.07) is 28.9. The molecule has 6 heterocycles. The van der Waals surface area contributed by atoms with E-state index in [4.69, 9.17) is 34.8 Å². The minimum Gasteiger partial charge on any atom is -1.00 e. The fraction of sp³-hybridized carbons (Fsp3) is 0. The number of pyridine rings is 6. The van der Waals surface area contributed by atoms with Crippen molar-refractivity contribution >= 4 is 100 Å². The van der Waals surface area contributed by atoms with Gasteiger partial charge in [0.05, 0.1) is 48.2 Å². The molecule has 238 valence electrons. The average Bonchev–Trinajstić information content (AvgIpc) is 3.09. The second-order valence-electron chi connectivity index (χ2n) is 10.00. The topological polar surface area (TPSA) is 77.3 Å². The summed E-state index contributed by atoms with van der Waals surface area (Å²) in [4.78, 5) is 26.0. The van der Waals surface area contributed by atoms with E-state index in [1.165, 1.54) is 0 Å². The van der Waals surface area contributed by atoms with Crippen molar-refractivity contribution in [1.29, 1.82) is 0 Å². The zero-order valence-electron chi connectivity index (χ0n) is 24.6. The molecule has 0 atom stereocenters. The summed E-state index contributed by atoms with van der Waals surface area (Å²) in [5.41, 5.74) is 5.29. The van der Waals surface area contributed by atoms with Crippen LogP contribution in [0.5, 0.6) is 0 Å². The summed E-state index contributed by atoms with van der Waals surface area (Å²) >= 11 is 18.5. The third kappa shape index (κ3) is 7.43. The Morgan fingerprint density at radius 1 is 0.333 bits per heavy atom. The van der Waals surface area contributed by atoms with E-state index in [0.717, 1.165) is 80.5 Å². The van der Waals surface area contributed by atoms with Crippen molar-refractivity contribution in [3.05, 3.63) is 143 Å². The van der Waals surface area contributed by atoms with Gasteiger partial charge < -0.3 is 24.8 Å². The van der Waals surface area contributed by atoms with Crippen LogP contribution in [0.15, 0.2) is 128 Å². The molecular weight excluding hydrogens is 795 g/mol. The van der Waals surface area contributed by atoms with Crippen molar-refractivity contribution in [2.24, 2.45) is 0 Å². The molecule has 0 fully saturated rings.